The Morgan fingerprint density at radius 2 is 2.09 bits per heavy atom. The van der Waals surface area contributed by atoms with Crippen molar-refractivity contribution < 1.29 is 22.5 Å². The fourth-order valence-electron chi connectivity index (χ4n) is 4.27. The van der Waals surface area contributed by atoms with Gasteiger partial charge in [-0.1, -0.05) is 25.9 Å². The fraction of sp³-hybridized carbons (Fsp3) is 0.545. The average Bonchev–Trinajstić information content (AvgIpc) is 3.41. The Bertz CT molecular complexity index is 1090. The minimum atomic E-state index is -4.56. The van der Waals surface area contributed by atoms with Crippen molar-refractivity contribution in [3.8, 4) is 0 Å². The Morgan fingerprint density at radius 1 is 1.31 bits per heavy atom. The molecule has 1 aliphatic heterocycles. The van der Waals surface area contributed by atoms with Gasteiger partial charge in [0.2, 0.25) is 5.91 Å². The lowest BCUT2D eigenvalue weighted by Gasteiger charge is -2.33. The lowest BCUT2D eigenvalue weighted by atomic mass is 9.90. The van der Waals surface area contributed by atoms with E-state index in [2.05, 4.69) is 15.2 Å². The van der Waals surface area contributed by atoms with E-state index in [0.29, 0.717) is 38.2 Å². The smallest absolute Gasteiger partial charge is 0.342 e. The lowest BCUT2D eigenvalue weighted by Crippen LogP contribution is -2.42. The fourth-order valence-corrected chi connectivity index (χ4v) is 4.27. The van der Waals surface area contributed by atoms with E-state index >= 15 is 0 Å². The Morgan fingerprint density at radius 3 is 2.75 bits per heavy atom. The van der Waals surface area contributed by atoms with Crippen LogP contribution in [-0.2, 0) is 17.5 Å². The van der Waals surface area contributed by atoms with Crippen molar-refractivity contribution in [3.63, 3.8) is 0 Å². The third kappa shape index (κ3) is 4.35. The largest absolute Gasteiger partial charge is 0.417 e. The predicted molar refractivity (Wildman–Crippen MR) is 111 cm³/mol. The van der Waals surface area contributed by atoms with Crippen molar-refractivity contribution in [1.82, 2.24) is 24.8 Å². The number of aromatic nitrogens is 4. The molecule has 0 aliphatic carbocycles. The van der Waals surface area contributed by atoms with Crippen molar-refractivity contribution in [2.24, 2.45) is 5.92 Å². The number of hydrogen-bond acceptors (Lipinski definition) is 5. The maximum atomic E-state index is 13.9. The van der Waals surface area contributed by atoms with Gasteiger partial charge in [-0.3, -0.25) is 9.48 Å². The summed E-state index contributed by atoms with van der Waals surface area (Å²) >= 11 is 0. The number of amides is 1. The molecule has 0 radical (unpaired) electrons. The summed E-state index contributed by atoms with van der Waals surface area (Å²) in [5, 5.41) is 8.05. The number of fused-ring (bicyclic) bond motifs is 1. The standard InChI is InChI=1S/C22H26F3N5O2/c1-13(2)17-10-16(22(23,24)25)18-19(28-32-20(18)27-17)15-6-4-8-29(12-15)21(31)14(3)11-30-9-5-7-26-30/h5,7,9-10,13-15H,4,6,8,11-12H2,1-3H3/t14-,15-/m1/s1. The van der Waals surface area contributed by atoms with Crippen molar-refractivity contribution in [1.29, 1.82) is 0 Å². The summed E-state index contributed by atoms with van der Waals surface area (Å²) in [6, 6.07) is 2.88. The monoisotopic (exact) mass is 449 g/mol. The van der Waals surface area contributed by atoms with Crippen LogP contribution in [0.1, 0.15) is 62.4 Å². The number of alkyl halides is 3. The molecule has 4 heterocycles. The highest BCUT2D eigenvalue weighted by atomic mass is 19.4. The van der Waals surface area contributed by atoms with Crippen LogP contribution in [0.4, 0.5) is 13.2 Å². The van der Waals surface area contributed by atoms with Gasteiger partial charge >= 0.3 is 6.18 Å². The summed E-state index contributed by atoms with van der Waals surface area (Å²) in [4.78, 5) is 19.0. The van der Waals surface area contributed by atoms with Crippen LogP contribution in [0.3, 0.4) is 0 Å². The zero-order chi connectivity index (χ0) is 23.0. The molecule has 2 atom stereocenters. The van der Waals surface area contributed by atoms with Gasteiger partial charge in [0.1, 0.15) is 0 Å². The van der Waals surface area contributed by atoms with E-state index in [-0.39, 0.29) is 40.5 Å². The van der Waals surface area contributed by atoms with Gasteiger partial charge < -0.3 is 9.42 Å². The number of nitrogens with zero attached hydrogens (tertiary/aromatic N) is 5. The van der Waals surface area contributed by atoms with E-state index in [1.54, 1.807) is 41.9 Å². The topological polar surface area (TPSA) is 77.0 Å². The van der Waals surface area contributed by atoms with Crippen molar-refractivity contribution >= 4 is 17.0 Å². The van der Waals surface area contributed by atoms with Crippen LogP contribution >= 0.6 is 0 Å². The summed E-state index contributed by atoms with van der Waals surface area (Å²) in [5.41, 5.74) is -0.347. The van der Waals surface area contributed by atoms with Crippen molar-refractivity contribution in [2.75, 3.05) is 13.1 Å². The van der Waals surface area contributed by atoms with E-state index in [9.17, 15) is 18.0 Å². The summed E-state index contributed by atoms with van der Waals surface area (Å²) in [7, 11) is 0. The molecular formula is C22H26F3N5O2. The van der Waals surface area contributed by atoms with Gasteiger partial charge in [0.15, 0.2) is 0 Å². The second-order valence-electron chi connectivity index (χ2n) is 8.75. The van der Waals surface area contributed by atoms with Crippen LogP contribution in [-0.4, -0.2) is 43.8 Å². The van der Waals surface area contributed by atoms with Gasteiger partial charge in [0.05, 0.1) is 29.1 Å². The van der Waals surface area contributed by atoms with Crippen LogP contribution in [0.2, 0.25) is 0 Å². The van der Waals surface area contributed by atoms with Crippen LogP contribution < -0.4 is 0 Å². The minimum Gasteiger partial charge on any atom is -0.342 e. The Balaban J connectivity index is 1.62. The molecule has 0 N–H and O–H groups in total. The normalized spacial score (nSPS) is 18.5. The third-order valence-corrected chi connectivity index (χ3v) is 5.95. The Hall–Kier alpha value is -2.91. The molecule has 4 rings (SSSR count). The van der Waals surface area contributed by atoms with Crippen LogP contribution in [0.15, 0.2) is 29.0 Å². The number of hydrogen-bond donors (Lipinski definition) is 0. The first-order chi connectivity index (χ1) is 15.1. The predicted octanol–water partition coefficient (Wildman–Crippen LogP) is 4.60. The molecule has 7 nitrogen and oxygen atoms in total. The first-order valence-corrected chi connectivity index (χ1v) is 10.8. The number of halogens is 3. The average molecular weight is 449 g/mol. The zero-order valence-electron chi connectivity index (χ0n) is 18.3. The highest BCUT2D eigenvalue weighted by Gasteiger charge is 2.38. The summed E-state index contributed by atoms with van der Waals surface area (Å²) in [6.45, 7) is 6.70. The Labute approximate surface area is 183 Å². The first kappa shape index (κ1) is 22.3. The molecule has 0 bridgehead atoms. The second-order valence-corrected chi connectivity index (χ2v) is 8.75. The molecule has 0 spiro atoms. The SMILES string of the molecule is CC(C)c1cc(C(F)(F)F)c2c([C@@H]3CCCN(C(=O)[C@H](C)Cn4cccn4)C3)noc2n1. The van der Waals surface area contributed by atoms with Crippen LogP contribution in [0.25, 0.3) is 11.1 Å². The maximum absolute atomic E-state index is 13.9. The van der Waals surface area contributed by atoms with E-state index in [1.165, 1.54) is 0 Å². The lowest BCUT2D eigenvalue weighted by molar-refractivity contribution is -0.137. The molecule has 0 unspecified atom stereocenters. The first-order valence-electron chi connectivity index (χ1n) is 10.8. The number of carbonyl (C=O) groups is 1. The van der Waals surface area contributed by atoms with Crippen molar-refractivity contribution in [3.05, 3.63) is 41.5 Å². The third-order valence-electron chi connectivity index (χ3n) is 5.95. The molecule has 0 saturated carbocycles. The molecule has 32 heavy (non-hydrogen) atoms. The van der Waals surface area contributed by atoms with E-state index in [4.69, 9.17) is 4.52 Å². The van der Waals surface area contributed by atoms with Gasteiger partial charge in [0, 0.05) is 37.1 Å². The molecule has 1 fully saturated rings. The number of piperidine rings is 1. The summed E-state index contributed by atoms with van der Waals surface area (Å²) in [5.74, 6) is -0.884. The molecule has 1 amide bonds. The number of rotatable bonds is 5. The van der Waals surface area contributed by atoms with E-state index in [0.717, 1.165) is 6.07 Å². The molecule has 1 saturated heterocycles. The molecule has 10 heteroatoms. The van der Waals surface area contributed by atoms with Gasteiger partial charge in [-0.25, -0.2) is 4.98 Å². The molecule has 3 aromatic rings. The highest BCUT2D eigenvalue weighted by Crippen LogP contribution is 2.40. The molecule has 172 valence electrons. The molecule has 0 aromatic carbocycles. The van der Waals surface area contributed by atoms with E-state index in [1.807, 2.05) is 6.92 Å². The van der Waals surface area contributed by atoms with Crippen LogP contribution in [0.5, 0.6) is 0 Å². The minimum absolute atomic E-state index is 0.0470. The Kier molecular flexibility index (Phi) is 5.96. The number of pyridine rings is 1. The quantitative estimate of drug-likeness (QED) is 0.569. The van der Waals surface area contributed by atoms with Gasteiger partial charge in [0.25, 0.3) is 5.71 Å². The van der Waals surface area contributed by atoms with Crippen molar-refractivity contribution in [2.45, 2.75) is 58.2 Å². The summed E-state index contributed by atoms with van der Waals surface area (Å²) in [6.07, 6.45) is 0.191. The van der Waals surface area contributed by atoms with Gasteiger partial charge in [-0.2, -0.15) is 18.3 Å². The number of likely N-dealkylation sites (tertiary alicyclic amines) is 1. The highest BCUT2D eigenvalue weighted by molar-refractivity contribution is 5.82. The molecular weight excluding hydrogens is 423 g/mol. The van der Waals surface area contributed by atoms with E-state index < -0.39 is 11.7 Å². The maximum Gasteiger partial charge on any atom is 0.417 e. The summed E-state index contributed by atoms with van der Waals surface area (Å²) < 4.78 is 48.7. The molecule has 1 aliphatic rings. The zero-order valence-corrected chi connectivity index (χ0v) is 18.3. The van der Waals surface area contributed by atoms with Crippen LogP contribution in [0, 0.1) is 5.92 Å². The van der Waals surface area contributed by atoms with Gasteiger partial charge in [-0.05, 0) is 30.9 Å². The molecule has 3 aromatic heterocycles. The van der Waals surface area contributed by atoms with Gasteiger partial charge in [-0.15, -0.1) is 0 Å². The number of carbonyl (C=O) groups excluding carboxylic acids is 1. The second kappa shape index (κ2) is 8.55.